The van der Waals surface area contributed by atoms with Crippen molar-refractivity contribution >= 4 is 17.3 Å². The van der Waals surface area contributed by atoms with Gasteiger partial charge in [0, 0.05) is 5.56 Å². The van der Waals surface area contributed by atoms with E-state index >= 15 is 0 Å². The molecule has 0 aliphatic heterocycles. The van der Waals surface area contributed by atoms with E-state index in [1.807, 2.05) is 54.6 Å². The van der Waals surface area contributed by atoms with Crippen LogP contribution < -0.4 is 5.73 Å². The van der Waals surface area contributed by atoms with Crippen molar-refractivity contribution in [3.8, 4) is 11.1 Å². The van der Waals surface area contributed by atoms with E-state index < -0.39 is 0 Å². The van der Waals surface area contributed by atoms with Gasteiger partial charge in [-0.3, -0.25) is 4.79 Å². The summed E-state index contributed by atoms with van der Waals surface area (Å²) in [7, 11) is 0. The fraction of sp³-hybridized carbons (Fsp3) is 0.0476. The third-order valence-corrected chi connectivity index (χ3v) is 3.73. The maximum Gasteiger partial charge on any atom is 0.170 e. The summed E-state index contributed by atoms with van der Waals surface area (Å²) in [6.07, 6.45) is -0.0127. The molecule has 3 aromatic rings. The molecular weight excluding hydrogens is 315 g/mol. The standard InChI is InChI=1S/C21H17FN2O/c22-18-11-9-16(10-12-18)20(25)14-21(23)24-19-8-4-7-17(13-19)15-5-2-1-3-6-15/h1-13H,14H2,(H2,23,24). The molecule has 0 spiro atoms. The van der Waals surface area contributed by atoms with Gasteiger partial charge in [0.1, 0.15) is 11.7 Å². The fourth-order valence-corrected chi connectivity index (χ4v) is 2.49. The predicted octanol–water partition coefficient (Wildman–Crippen LogP) is 4.75. The predicted molar refractivity (Wildman–Crippen MR) is 98.5 cm³/mol. The van der Waals surface area contributed by atoms with Gasteiger partial charge in [-0.2, -0.15) is 0 Å². The largest absolute Gasteiger partial charge is 0.387 e. The summed E-state index contributed by atoms with van der Waals surface area (Å²) in [5.41, 5.74) is 9.13. The van der Waals surface area contributed by atoms with Crippen LogP contribution in [0.25, 0.3) is 11.1 Å². The number of carbonyl (C=O) groups is 1. The Bertz CT molecular complexity index is 903. The van der Waals surface area contributed by atoms with Crippen molar-refractivity contribution in [2.75, 3.05) is 0 Å². The molecule has 0 amide bonds. The van der Waals surface area contributed by atoms with E-state index in [2.05, 4.69) is 4.99 Å². The molecule has 3 aromatic carbocycles. The summed E-state index contributed by atoms with van der Waals surface area (Å²) in [5, 5.41) is 0. The van der Waals surface area contributed by atoms with Crippen LogP contribution >= 0.6 is 0 Å². The number of halogens is 1. The molecule has 0 radical (unpaired) electrons. The summed E-state index contributed by atoms with van der Waals surface area (Å²) >= 11 is 0. The van der Waals surface area contributed by atoms with Crippen molar-refractivity contribution in [2.24, 2.45) is 10.7 Å². The molecule has 0 heterocycles. The Morgan fingerprint density at radius 2 is 1.56 bits per heavy atom. The van der Waals surface area contributed by atoms with E-state index in [1.165, 1.54) is 24.3 Å². The number of hydrogen-bond acceptors (Lipinski definition) is 2. The van der Waals surface area contributed by atoms with Gasteiger partial charge in [0.2, 0.25) is 0 Å². The third kappa shape index (κ3) is 4.38. The molecule has 124 valence electrons. The summed E-state index contributed by atoms with van der Waals surface area (Å²) in [5.74, 6) is -0.351. The lowest BCUT2D eigenvalue weighted by Crippen LogP contribution is -2.16. The summed E-state index contributed by atoms with van der Waals surface area (Å²) in [4.78, 5) is 16.5. The molecule has 3 nitrogen and oxygen atoms in total. The lowest BCUT2D eigenvalue weighted by molar-refractivity contribution is 0.100. The van der Waals surface area contributed by atoms with E-state index in [9.17, 15) is 9.18 Å². The zero-order valence-corrected chi connectivity index (χ0v) is 13.5. The number of nitrogens with two attached hydrogens (primary N) is 1. The van der Waals surface area contributed by atoms with Gasteiger partial charge < -0.3 is 5.73 Å². The molecule has 0 bridgehead atoms. The van der Waals surface area contributed by atoms with Gasteiger partial charge in [0.25, 0.3) is 0 Å². The second kappa shape index (κ2) is 7.53. The van der Waals surface area contributed by atoms with Crippen LogP contribution in [0.2, 0.25) is 0 Å². The van der Waals surface area contributed by atoms with Crippen LogP contribution in [0.15, 0.2) is 83.9 Å². The quantitative estimate of drug-likeness (QED) is 0.416. The number of hydrogen-bond donors (Lipinski definition) is 1. The summed E-state index contributed by atoms with van der Waals surface area (Å²) < 4.78 is 12.9. The number of rotatable bonds is 5. The highest BCUT2D eigenvalue weighted by atomic mass is 19.1. The fourth-order valence-electron chi connectivity index (χ4n) is 2.49. The molecule has 4 heteroatoms. The van der Waals surface area contributed by atoms with Gasteiger partial charge in [-0.1, -0.05) is 42.5 Å². The minimum absolute atomic E-state index is 0.0127. The van der Waals surface area contributed by atoms with E-state index in [1.54, 1.807) is 0 Å². The van der Waals surface area contributed by atoms with Crippen LogP contribution in [0.5, 0.6) is 0 Å². The zero-order chi connectivity index (χ0) is 17.6. The average Bonchev–Trinajstić information content (AvgIpc) is 2.63. The highest BCUT2D eigenvalue weighted by Crippen LogP contribution is 2.24. The Kier molecular flexibility index (Phi) is 5.00. The SMILES string of the molecule is NC(CC(=O)c1ccc(F)cc1)=Nc1cccc(-c2ccccc2)c1. The summed E-state index contributed by atoms with van der Waals surface area (Å²) in [6.45, 7) is 0. The van der Waals surface area contributed by atoms with Crippen LogP contribution in [0, 0.1) is 5.82 Å². The number of carbonyl (C=O) groups excluding carboxylic acids is 1. The van der Waals surface area contributed by atoms with E-state index in [0.29, 0.717) is 11.3 Å². The van der Waals surface area contributed by atoms with Gasteiger partial charge in [-0.25, -0.2) is 9.38 Å². The van der Waals surface area contributed by atoms with Crippen molar-refractivity contribution in [1.29, 1.82) is 0 Å². The number of amidine groups is 1. The van der Waals surface area contributed by atoms with Crippen LogP contribution in [0.1, 0.15) is 16.8 Å². The first kappa shape index (κ1) is 16.6. The zero-order valence-electron chi connectivity index (χ0n) is 13.5. The maximum absolute atomic E-state index is 12.9. The first-order valence-electron chi connectivity index (χ1n) is 7.89. The van der Waals surface area contributed by atoms with Crippen LogP contribution in [0.3, 0.4) is 0 Å². The highest BCUT2D eigenvalue weighted by Gasteiger charge is 2.08. The molecule has 2 N–H and O–H groups in total. The molecule has 0 unspecified atom stereocenters. The number of aliphatic imine (C=N–C) groups is 1. The minimum Gasteiger partial charge on any atom is -0.387 e. The molecule has 3 rings (SSSR count). The molecule has 0 aromatic heterocycles. The molecule has 0 atom stereocenters. The molecule has 25 heavy (non-hydrogen) atoms. The van der Waals surface area contributed by atoms with Gasteiger partial charge >= 0.3 is 0 Å². The molecule has 0 fully saturated rings. The monoisotopic (exact) mass is 332 g/mol. The Balaban J connectivity index is 1.76. The molecule has 0 saturated carbocycles. The number of benzene rings is 3. The van der Waals surface area contributed by atoms with Gasteiger partial charge in [0.15, 0.2) is 5.78 Å². The van der Waals surface area contributed by atoms with E-state index in [0.717, 1.165) is 11.1 Å². The molecule has 0 saturated heterocycles. The van der Waals surface area contributed by atoms with E-state index in [4.69, 9.17) is 5.73 Å². The van der Waals surface area contributed by atoms with Gasteiger partial charge in [-0.15, -0.1) is 0 Å². The Morgan fingerprint density at radius 3 is 2.28 bits per heavy atom. The topological polar surface area (TPSA) is 55.5 Å². The van der Waals surface area contributed by atoms with Gasteiger partial charge in [0.05, 0.1) is 12.1 Å². The van der Waals surface area contributed by atoms with Crippen LogP contribution in [0.4, 0.5) is 10.1 Å². The number of ketones is 1. The minimum atomic E-state index is -0.379. The summed E-state index contributed by atoms with van der Waals surface area (Å²) in [6, 6.07) is 23.0. The van der Waals surface area contributed by atoms with Crippen molar-refractivity contribution in [1.82, 2.24) is 0 Å². The average molecular weight is 332 g/mol. The van der Waals surface area contributed by atoms with Crippen molar-refractivity contribution in [2.45, 2.75) is 6.42 Å². The lowest BCUT2D eigenvalue weighted by atomic mass is 10.1. The van der Waals surface area contributed by atoms with Crippen LogP contribution in [-0.4, -0.2) is 11.6 Å². The van der Waals surface area contributed by atoms with Crippen molar-refractivity contribution < 1.29 is 9.18 Å². The smallest absolute Gasteiger partial charge is 0.170 e. The maximum atomic E-state index is 12.9. The third-order valence-electron chi connectivity index (χ3n) is 3.73. The second-order valence-electron chi connectivity index (χ2n) is 5.63. The van der Waals surface area contributed by atoms with Crippen molar-refractivity contribution in [3.63, 3.8) is 0 Å². The molecule has 0 aliphatic rings. The Labute approximate surface area is 145 Å². The molecule has 0 aliphatic carbocycles. The highest BCUT2D eigenvalue weighted by molar-refractivity contribution is 6.09. The molecular formula is C21H17FN2O. The van der Waals surface area contributed by atoms with E-state index in [-0.39, 0.29) is 23.9 Å². The lowest BCUT2D eigenvalue weighted by Gasteiger charge is -2.04. The van der Waals surface area contributed by atoms with Crippen molar-refractivity contribution in [3.05, 3.63) is 90.2 Å². The van der Waals surface area contributed by atoms with Crippen LogP contribution in [-0.2, 0) is 0 Å². The normalized spacial score (nSPS) is 11.3. The second-order valence-corrected chi connectivity index (χ2v) is 5.63. The Morgan fingerprint density at radius 1 is 0.880 bits per heavy atom. The number of nitrogens with zero attached hydrogens (tertiary/aromatic N) is 1. The first-order valence-corrected chi connectivity index (χ1v) is 7.89. The number of Topliss-reactive ketones (excluding diaryl/α,β-unsaturated/α-hetero) is 1. The Hall–Kier alpha value is -3.27. The van der Waals surface area contributed by atoms with Gasteiger partial charge in [-0.05, 0) is 47.5 Å². The first-order chi connectivity index (χ1) is 12.1.